The van der Waals surface area contributed by atoms with Crippen molar-refractivity contribution in [2.24, 2.45) is 0 Å². The summed E-state index contributed by atoms with van der Waals surface area (Å²) in [5.41, 5.74) is 4.48. The van der Waals surface area contributed by atoms with Gasteiger partial charge in [-0.05, 0) is 49.6 Å². The largest absolute Gasteiger partial charge is 0.493 e. The monoisotopic (exact) mass is 255 g/mol. The van der Waals surface area contributed by atoms with Gasteiger partial charge in [0.1, 0.15) is 5.75 Å². The van der Waals surface area contributed by atoms with Crippen molar-refractivity contribution in [2.75, 3.05) is 6.61 Å². The molecule has 0 atom stereocenters. The Kier molecular flexibility index (Phi) is 4.56. The fourth-order valence-electron chi connectivity index (χ4n) is 2.04. The Bertz CT molecular complexity index is 549. The highest BCUT2D eigenvalue weighted by Gasteiger charge is 2.10. The average molecular weight is 255 g/mol. The summed E-state index contributed by atoms with van der Waals surface area (Å²) < 4.78 is 5.93. The van der Waals surface area contributed by atoms with Crippen LogP contribution < -0.4 is 4.74 Å². The Morgan fingerprint density at radius 1 is 1.16 bits per heavy atom. The molecule has 0 aliphatic heterocycles. The number of nitrogens with zero attached hydrogens (tertiary/aromatic N) is 1. The quantitative estimate of drug-likeness (QED) is 0.731. The predicted molar refractivity (Wildman–Crippen MR) is 79.6 cm³/mol. The molecule has 1 heterocycles. The van der Waals surface area contributed by atoms with E-state index in [9.17, 15) is 0 Å². The smallest absolute Gasteiger partial charge is 0.128 e. The number of aromatic nitrogens is 1. The minimum Gasteiger partial charge on any atom is -0.493 e. The van der Waals surface area contributed by atoms with Crippen LogP contribution in [0, 0.1) is 13.8 Å². The lowest BCUT2D eigenvalue weighted by molar-refractivity contribution is 0.310. The minimum atomic E-state index is 0.763. The summed E-state index contributed by atoms with van der Waals surface area (Å²) in [4.78, 5) is 4.49. The van der Waals surface area contributed by atoms with Gasteiger partial charge in [0.05, 0.1) is 12.3 Å². The van der Waals surface area contributed by atoms with Crippen molar-refractivity contribution in [1.29, 1.82) is 0 Å². The zero-order chi connectivity index (χ0) is 13.7. The van der Waals surface area contributed by atoms with Gasteiger partial charge in [0.2, 0.25) is 0 Å². The Labute approximate surface area is 115 Å². The molecule has 0 unspecified atom stereocenters. The summed E-state index contributed by atoms with van der Waals surface area (Å²) in [6.45, 7) is 7.10. The van der Waals surface area contributed by atoms with Crippen molar-refractivity contribution in [3.05, 3.63) is 47.7 Å². The predicted octanol–water partition coefficient (Wildman–Crippen LogP) is 4.54. The summed E-state index contributed by atoms with van der Waals surface area (Å²) in [6, 6.07) is 10.4. The highest BCUT2D eigenvalue weighted by molar-refractivity contribution is 5.70. The Morgan fingerprint density at radius 3 is 2.74 bits per heavy atom. The maximum absolute atomic E-state index is 5.93. The number of hydrogen-bond donors (Lipinski definition) is 0. The van der Waals surface area contributed by atoms with Crippen LogP contribution in [0.15, 0.2) is 36.5 Å². The summed E-state index contributed by atoms with van der Waals surface area (Å²) in [7, 11) is 0. The molecule has 0 N–H and O–H groups in total. The first-order chi connectivity index (χ1) is 9.22. The molecule has 1 aromatic carbocycles. The lowest BCUT2D eigenvalue weighted by Crippen LogP contribution is -2.00. The SMILES string of the molecule is CCCCOc1cc(C)ccc1-c1ncccc1C. The first-order valence-electron chi connectivity index (χ1n) is 6.88. The van der Waals surface area contributed by atoms with Crippen molar-refractivity contribution in [3.63, 3.8) is 0 Å². The van der Waals surface area contributed by atoms with Crippen molar-refractivity contribution in [2.45, 2.75) is 33.6 Å². The van der Waals surface area contributed by atoms with E-state index >= 15 is 0 Å². The van der Waals surface area contributed by atoms with Gasteiger partial charge in [-0.3, -0.25) is 4.98 Å². The van der Waals surface area contributed by atoms with Crippen LogP contribution in [0.4, 0.5) is 0 Å². The van der Waals surface area contributed by atoms with Crippen LogP contribution in [-0.4, -0.2) is 11.6 Å². The molecule has 0 aliphatic carbocycles. The average Bonchev–Trinajstić information content (AvgIpc) is 2.40. The molecule has 0 saturated carbocycles. The highest BCUT2D eigenvalue weighted by Crippen LogP contribution is 2.31. The van der Waals surface area contributed by atoms with E-state index in [4.69, 9.17) is 4.74 Å². The number of hydrogen-bond acceptors (Lipinski definition) is 2. The molecule has 0 aliphatic rings. The minimum absolute atomic E-state index is 0.763. The second-order valence-electron chi connectivity index (χ2n) is 4.87. The van der Waals surface area contributed by atoms with Gasteiger partial charge in [-0.15, -0.1) is 0 Å². The van der Waals surface area contributed by atoms with E-state index < -0.39 is 0 Å². The van der Waals surface area contributed by atoms with E-state index in [1.54, 1.807) is 0 Å². The molecular formula is C17H21NO. The Hall–Kier alpha value is -1.83. The Balaban J connectivity index is 2.36. The number of rotatable bonds is 5. The molecule has 1 aromatic heterocycles. The van der Waals surface area contributed by atoms with Crippen LogP contribution in [-0.2, 0) is 0 Å². The van der Waals surface area contributed by atoms with Gasteiger partial charge in [0.15, 0.2) is 0 Å². The van der Waals surface area contributed by atoms with Gasteiger partial charge in [0, 0.05) is 11.8 Å². The normalized spacial score (nSPS) is 10.5. The van der Waals surface area contributed by atoms with Gasteiger partial charge in [-0.2, -0.15) is 0 Å². The van der Waals surface area contributed by atoms with E-state index in [0.29, 0.717) is 0 Å². The third-order valence-corrected chi connectivity index (χ3v) is 3.16. The molecule has 0 radical (unpaired) electrons. The third-order valence-electron chi connectivity index (χ3n) is 3.16. The molecule has 0 saturated heterocycles. The Morgan fingerprint density at radius 2 is 2.00 bits per heavy atom. The second kappa shape index (κ2) is 6.37. The van der Waals surface area contributed by atoms with Crippen LogP contribution in [0.2, 0.25) is 0 Å². The lowest BCUT2D eigenvalue weighted by atomic mass is 10.0. The molecule has 2 aromatic rings. The molecule has 2 heteroatoms. The first-order valence-corrected chi connectivity index (χ1v) is 6.88. The molecule has 0 amide bonds. The topological polar surface area (TPSA) is 22.1 Å². The van der Waals surface area contributed by atoms with Crippen LogP contribution in [0.3, 0.4) is 0 Å². The number of unbranched alkanes of at least 4 members (excludes halogenated alkanes) is 1. The number of aryl methyl sites for hydroxylation is 2. The van der Waals surface area contributed by atoms with Crippen LogP contribution >= 0.6 is 0 Å². The number of benzene rings is 1. The van der Waals surface area contributed by atoms with Gasteiger partial charge in [-0.1, -0.05) is 25.5 Å². The second-order valence-corrected chi connectivity index (χ2v) is 4.87. The van der Waals surface area contributed by atoms with Crippen molar-refractivity contribution >= 4 is 0 Å². The summed E-state index contributed by atoms with van der Waals surface area (Å²) >= 11 is 0. The summed E-state index contributed by atoms with van der Waals surface area (Å²) in [5, 5.41) is 0. The molecular weight excluding hydrogens is 234 g/mol. The number of pyridine rings is 1. The zero-order valence-corrected chi connectivity index (χ0v) is 11.9. The van der Waals surface area contributed by atoms with Crippen molar-refractivity contribution in [1.82, 2.24) is 4.98 Å². The van der Waals surface area contributed by atoms with Gasteiger partial charge < -0.3 is 4.74 Å². The van der Waals surface area contributed by atoms with Crippen LogP contribution in [0.1, 0.15) is 30.9 Å². The molecule has 100 valence electrons. The zero-order valence-electron chi connectivity index (χ0n) is 11.9. The third kappa shape index (κ3) is 3.34. The van der Waals surface area contributed by atoms with Crippen molar-refractivity contribution < 1.29 is 4.74 Å². The van der Waals surface area contributed by atoms with Crippen molar-refractivity contribution in [3.8, 4) is 17.0 Å². The molecule has 2 nitrogen and oxygen atoms in total. The molecule has 0 spiro atoms. The fourth-order valence-corrected chi connectivity index (χ4v) is 2.04. The van der Waals surface area contributed by atoms with E-state index in [1.807, 2.05) is 12.3 Å². The fraction of sp³-hybridized carbons (Fsp3) is 0.353. The summed E-state index contributed by atoms with van der Waals surface area (Å²) in [5.74, 6) is 0.940. The lowest BCUT2D eigenvalue weighted by Gasteiger charge is -2.13. The molecule has 0 bridgehead atoms. The maximum Gasteiger partial charge on any atom is 0.128 e. The van der Waals surface area contributed by atoms with E-state index in [2.05, 4.69) is 50.0 Å². The highest BCUT2D eigenvalue weighted by atomic mass is 16.5. The molecule has 2 rings (SSSR count). The van der Waals surface area contributed by atoms with Gasteiger partial charge in [0.25, 0.3) is 0 Å². The number of ether oxygens (including phenoxy) is 1. The van der Waals surface area contributed by atoms with Crippen LogP contribution in [0.5, 0.6) is 5.75 Å². The van der Waals surface area contributed by atoms with Crippen LogP contribution in [0.25, 0.3) is 11.3 Å². The first kappa shape index (κ1) is 13.6. The van der Waals surface area contributed by atoms with Gasteiger partial charge >= 0.3 is 0 Å². The standard InChI is InChI=1S/C17H21NO/c1-4-5-11-19-16-12-13(2)8-9-15(16)17-14(3)7-6-10-18-17/h6-10,12H,4-5,11H2,1-3H3. The van der Waals surface area contributed by atoms with E-state index in [0.717, 1.165) is 36.5 Å². The van der Waals surface area contributed by atoms with E-state index in [1.165, 1.54) is 11.1 Å². The maximum atomic E-state index is 5.93. The summed E-state index contributed by atoms with van der Waals surface area (Å²) in [6.07, 6.45) is 4.05. The molecule has 0 fully saturated rings. The van der Waals surface area contributed by atoms with E-state index in [-0.39, 0.29) is 0 Å². The molecule has 19 heavy (non-hydrogen) atoms. The van der Waals surface area contributed by atoms with Gasteiger partial charge in [-0.25, -0.2) is 0 Å².